The normalized spacial score (nSPS) is 10.5. The van der Waals surface area contributed by atoms with E-state index < -0.39 is 0 Å². The molecule has 0 spiro atoms. The number of aromatic nitrogens is 2. The van der Waals surface area contributed by atoms with Gasteiger partial charge in [0.15, 0.2) is 0 Å². The van der Waals surface area contributed by atoms with Gasteiger partial charge in [0, 0.05) is 25.7 Å². The number of rotatable bonds is 8. The molecule has 4 nitrogen and oxygen atoms in total. The second-order valence-electron chi connectivity index (χ2n) is 6.32. The van der Waals surface area contributed by atoms with Crippen LogP contribution in [0.1, 0.15) is 23.9 Å². The van der Waals surface area contributed by atoms with E-state index in [0.717, 1.165) is 43.5 Å². The Kier molecular flexibility index (Phi) is 6.20. The Morgan fingerprint density at radius 3 is 2.19 bits per heavy atom. The van der Waals surface area contributed by atoms with Gasteiger partial charge in [-0.3, -0.25) is 0 Å². The van der Waals surface area contributed by atoms with Crippen molar-refractivity contribution in [1.82, 2.24) is 9.97 Å². The maximum atomic E-state index is 4.64. The molecule has 0 fully saturated rings. The molecule has 1 heterocycles. The standard InChI is InChI=1S/C22H26N4/c1-3-26(17-20-12-8-5-9-13-20)22-16-21(24-18(2)25-22)23-15-14-19-10-6-4-7-11-19/h4-13,16H,3,14-15,17H2,1-2H3,(H,23,24,25). The van der Waals surface area contributed by atoms with Crippen LogP contribution >= 0.6 is 0 Å². The molecule has 134 valence electrons. The molecule has 0 saturated heterocycles. The smallest absolute Gasteiger partial charge is 0.134 e. The van der Waals surface area contributed by atoms with Crippen LogP contribution in [0.25, 0.3) is 0 Å². The molecular weight excluding hydrogens is 320 g/mol. The number of hydrogen-bond acceptors (Lipinski definition) is 4. The van der Waals surface area contributed by atoms with E-state index in [1.54, 1.807) is 0 Å². The molecule has 3 rings (SSSR count). The molecule has 0 saturated carbocycles. The lowest BCUT2D eigenvalue weighted by atomic mass is 10.1. The molecule has 1 aromatic heterocycles. The fourth-order valence-electron chi connectivity index (χ4n) is 2.94. The molecule has 0 radical (unpaired) electrons. The van der Waals surface area contributed by atoms with E-state index in [2.05, 4.69) is 75.6 Å². The van der Waals surface area contributed by atoms with Gasteiger partial charge in [0.1, 0.15) is 17.5 Å². The Morgan fingerprint density at radius 2 is 1.54 bits per heavy atom. The number of anilines is 2. The van der Waals surface area contributed by atoms with Crippen LogP contribution < -0.4 is 10.2 Å². The second kappa shape index (κ2) is 8.99. The summed E-state index contributed by atoms with van der Waals surface area (Å²) in [7, 11) is 0. The monoisotopic (exact) mass is 346 g/mol. The summed E-state index contributed by atoms with van der Waals surface area (Å²) in [4.78, 5) is 11.5. The van der Waals surface area contributed by atoms with Crippen molar-refractivity contribution in [3.05, 3.63) is 83.7 Å². The van der Waals surface area contributed by atoms with Gasteiger partial charge in [-0.25, -0.2) is 9.97 Å². The van der Waals surface area contributed by atoms with Gasteiger partial charge in [-0.05, 0) is 31.4 Å². The van der Waals surface area contributed by atoms with Crippen molar-refractivity contribution in [1.29, 1.82) is 0 Å². The minimum Gasteiger partial charge on any atom is -0.370 e. The molecular formula is C22H26N4. The number of aryl methyl sites for hydroxylation is 1. The highest BCUT2D eigenvalue weighted by Crippen LogP contribution is 2.18. The van der Waals surface area contributed by atoms with Crippen LogP contribution in [-0.4, -0.2) is 23.1 Å². The van der Waals surface area contributed by atoms with E-state index >= 15 is 0 Å². The van der Waals surface area contributed by atoms with Crippen LogP contribution in [0.5, 0.6) is 0 Å². The summed E-state index contributed by atoms with van der Waals surface area (Å²) in [5.41, 5.74) is 2.61. The first-order valence-corrected chi connectivity index (χ1v) is 9.17. The molecule has 3 aromatic rings. The summed E-state index contributed by atoms with van der Waals surface area (Å²) in [6.45, 7) is 6.70. The van der Waals surface area contributed by atoms with E-state index in [1.807, 2.05) is 25.1 Å². The van der Waals surface area contributed by atoms with Crippen LogP contribution in [0.15, 0.2) is 66.7 Å². The first-order valence-electron chi connectivity index (χ1n) is 9.17. The minimum atomic E-state index is 0.788. The largest absolute Gasteiger partial charge is 0.370 e. The highest BCUT2D eigenvalue weighted by molar-refractivity contribution is 5.50. The highest BCUT2D eigenvalue weighted by Gasteiger charge is 2.10. The van der Waals surface area contributed by atoms with Gasteiger partial charge in [0.05, 0.1) is 0 Å². The SMILES string of the molecule is CCN(Cc1ccccc1)c1cc(NCCc2ccccc2)nc(C)n1. The fourth-order valence-corrected chi connectivity index (χ4v) is 2.94. The van der Waals surface area contributed by atoms with E-state index in [1.165, 1.54) is 11.1 Å². The molecule has 0 aliphatic heterocycles. The summed E-state index contributed by atoms with van der Waals surface area (Å²) >= 11 is 0. The Hall–Kier alpha value is -2.88. The Labute approximate surface area is 155 Å². The third kappa shape index (κ3) is 5.06. The Balaban J connectivity index is 1.67. The molecule has 1 N–H and O–H groups in total. The van der Waals surface area contributed by atoms with Gasteiger partial charge < -0.3 is 10.2 Å². The van der Waals surface area contributed by atoms with Crippen molar-refractivity contribution in [3.63, 3.8) is 0 Å². The Morgan fingerprint density at radius 1 is 0.885 bits per heavy atom. The van der Waals surface area contributed by atoms with Crippen molar-refractivity contribution in [2.75, 3.05) is 23.3 Å². The quantitative estimate of drug-likeness (QED) is 0.653. The lowest BCUT2D eigenvalue weighted by Crippen LogP contribution is -2.24. The molecule has 26 heavy (non-hydrogen) atoms. The lowest BCUT2D eigenvalue weighted by molar-refractivity contribution is 0.804. The van der Waals surface area contributed by atoms with Crippen LogP contribution in [0.2, 0.25) is 0 Å². The third-order valence-electron chi connectivity index (χ3n) is 4.31. The summed E-state index contributed by atoms with van der Waals surface area (Å²) in [5.74, 6) is 2.64. The zero-order chi connectivity index (χ0) is 18.2. The average Bonchev–Trinajstić information content (AvgIpc) is 2.67. The maximum Gasteiger partial charge on any atom is 0.134 e. The van der Waals surface area contributed by atoms with Crippen LogP contribution in [0.3, 0.4) is 0 Å². The number of hydrogen-bond donors (Lipinski definition) is 1. The summed E-state index contributed by atoms with van der Waals surface area (Å²) in [6, 6.07) is 23.0. The van der Waals surface area contributed by atoms with Gasteiger partial charge in [-0.2, -0.15) is 0 Å². The average molecular weight is 346 g/mol. The summed E-state index contributed by atoms with van der Waals surface area (Å²) < 4.78 is 0. The van der Waals surface area contributed by atoms with Gasteiger partial charge in [0.25, 0.3) is 0 Å². The molecule has 0 unspecified atom stereocenters. The lowest BCUT2D eigenvalue weighted by Gasteiger charge is -2.23. The fraction of sp³-hybridized carbons (Fsp3) is 0.273. The number of benzene rings is 2. The molecule has 2 aromatic carbocycles. The minimum absolute atomic E-state index is 0.788. The van der Waals surface area contributed by atoms with Crippen molar-refractivity contribution in [2.45, 2.75) is 26.8 Å². The second-order valence-corrected chi connectivity index (χ2v) is 6.32. The molecule has 0 aliphatic rings. The Bertz CT molecular complexity index is 803. The predicted octanol–water partition coefficient (Wildman–Crippen LogP) is 4.47. The van der Waals surface area contributed by atoms with Crippen molar-refractivity contribution < 1.29 is 0 Å². The topological polar surface area (TPSA) is 41.0 Å². The highest BCUT2D eigenvalue weighted by atomic mass is 15.2. The van der Waals surface area contributed by atoms with E-state index in [9.17, 15) is 0 Å². The van der Waals surface area contributed by atoms with E-state index in [-0.39, 0.29) is 0 Å². The molecule has 0 atom stereocenters. The van der Waals surface area contributed by atoms with Crippen LogP contribution in [0, 0.1) is 6.92 Å². The van der Waals surface area contributed by atoms with Crippen molar-refractivity contribution >= 4 is 11.6 Å². The first-order chi connectivity index (χ1) is 12.7. The number of nitrogens with one attached hydrogen (secondary N) is 1. The molecule has 0 bridgehead atoms. The molecule has 0 amide bonds. The predicted molar refractivity (Wildman–Crippen MR) is 109 cm³/mol. The molecule has 4 heteroatoms. The van der Waals surface area contributed by atoms with Crippen molar-refractivity contribution in [2.24, 2.45) is 0 Å². The van der Waals surface area contributed by atoms with Crippen LogP contribution in [0.4, 0.5) is 11.6 Å². The summed E-state index contributed by atoms with van der Waals surface area (Å²) in [6.07, 6.45) is 0.973. The maximum absolute atomic E-state index is 4.64. The zero-order valence-electron chi connectivity index (χ0n) is 15.5. The van der Waals surface area contributed by atoms with Gasteiger partial charge >= 0.3 is 0 Å². The summed E-state index contributed by atoms with van der Waals surface area (Å²) in [5, 5.41) is 3.44. The van der Waals surface area contributed by atoms with Gasteiger partial charge in [-0.1, -0.05) is 60.7 Å². The third-order valence-corrected chi connectivity index (χ3v) is 4.31. The van der Waals surface area contributed by atoms with Crippen molar-refractivity contribution in [3.8, 4) is 0 Å². The van der Waals surface area contributed by atoms with Crippen LogP contribution in [-0.2, 0) is 13.0 Å². The first kappa shape index (κ1) is 17.9. The van der Waals surface area contributed by atoms with Gasteiger partial charge in [-0.15, -0.1) is 0 Å². The zero-order valence-corrected chi connectivity index (χ0v) is 15.5. The molecule has 0 aliphatic carbocycles. The van der Waals surface area contributed by atoms with E-state index in [4.69, 9.17) is 0 Å². The number of nitrogens with zero attached hydrogens (tertiary/aromatic N) is 3. The van der Waals surface area contributed by atoms with E-state index in [0.29, 0.717) is 0 Å². The van der Waals surface area contributed by atoms with Gasteiger partial charge in [0.2, 0.25) is 0 Å².